The van der Waals surface area contributed by atoms with Crippen LogP contribution in [0.15, 0.2) is 170 Å². The fourth-order valence-corrected chi connectivity index (χ4v) is 7.60. The lowest BCUT2D eigenvalue weighted by Gasteiger charge is -2.20. The number of hydrogen-bond donors (Lipinski definition) is 1. The van der Waals surface area contributed by atoms with Crippen molar-refractivity contribution in [2.45, 2.75) is 33.9 Å². The van der Waals surface area contributed by atoms with Crippen molar-refractivity contribution >= 4 is 117 Å². The number of hydrogen-bond acceptors (Lipinski definition) is 4. The van der Waals surface area contributed by atoms with Crippen molar-refractivity contribution < 1.29 is 27.2 Å². The van der Waals surface area contributed by atoms with E-state index in [1.807, 2.05) is 60.7 Å². The topological polar surface area (TPSA) is 52.7 Å². The molecule has 6 aromatic rings. The average Bonchev–Trinajstić information content (AvgIpc) is 3.39. The first-order chi connectivity index (χ1) is 36.4. The molecule has 400 valence electrons. The van der Waals surface area contributed by atoms with Crippen molar-refractivity contribution in [1.82, 2.24) is 15.1 Å². The lowest BCUT2D eigenvalue weighted by Crippen LogP contribution is -2.29. The third-order valence-corrected chi connectivity index (χ3v) is 12.2. The van der Waals surface area contributed by atoms with Gasteiger partial charge in [0.25, 0.3) is 0 Å². The molecule has 0 saturated heterocycles. The Hall–Kier alpha value is -5.43. The molecule has 0 saturated carbocycles. The van der Waals surface area contributed by atoms with Gasteiger partial charge in [0.1, 0.15) is 0 Å². The standard InChI is InChI=1S/C27H20Cl3F2NO.C16H14ClF2N.C11H7Cl3O.C6H15N/c28-22-11-7-19(8-12-22)4-3-15-33(18-20-9-14-25(31)26(32)16-20)27(34)6-2-1-5-21-10-13-23(29)17-24(21)30;17-14-6-3-12(4-7-14)2-1-9-20-11-13-5-8-15(18)16(19)10-13;12-9-6-5-8(10(13)7-9)3-1-2-4-11(14)15;1-4-7(5-2)6-3/h1-14,16-17H,15,18H2;1-8,10,20H,9,11H2;1-7H;4-6H2,1-3H3/b4-3-,5-1+,6-2+;2-1-;3-1+,4-2+;. The second-order valence-electron chi connectivity index (χ2n) is 15.9. The predicted octanol–water partition coefficient (Wildman–Crippen LogP) is 18.3. The molecule has 0 aliphatic carbocycles. The second-order valence-corrected chi connectivity index (χ2v) is 18.9. The van der Waals surface area contributed by atoms with Crippen LogP contribution in [0, 0.1) is 23.3 Å². The predicted molar refractivity (Wildman–Crippen MR) is 314 cm³/mol. The maximum absolute atomic E-state index is 13.7. The van der Waals surface area contributed by atoms with Crippen molar-refractivity contribution in [2.75, 3.05) is 32.7 Å². The lowest BCUT2D eigenvalue weighted by atomic mass is 10.2. The van der Waals surface area contributed by atoms with Gasteiger partial charge in [-0.1, -0.05) is 200 Å². The van der Waals surface area contributed by atoms with Gasteiger partial charge >= 0.3 is 0 Å². The highest BCUT2D eigenvalue weighted by molar-refractivity contribution is 6.66. The van der Waals surface area contributed by atoms with Crippen LogP contribution in [0.2, 0.25) is 30.1 Å². The molecule has 1 N–H and O–H groups in total. The van der Waals surface area contributed by atoms with E-state index in [0.717, 1.165) is 40.5 Å². The van der Waals surface area contributed by atoms with Crippen LogP contribution in [0.5, 0.6) is 0 Å². The Morgan fingerprint density at radius 1 is 0.500 bits per heavy atom. The number of carbonyl (C=O) groups is 2. The van der Waals surface area contributed by atoms with E-state index in [1.165, 1.54) is 48.8 Å². The fraction of sp³-hybridized carbons (Fsp3) is 0.167. The SMILES string of the molecule is CCN(CC)CC.Fc1ccc(CNC/C=C\c2ccc(Cl)cc2)cc1F.O=C(/C=C/C=C/c1ccc(Cl)cc1Cl)N(C/C=C\c1ccc(Cl)cc1)Cc1ccc(F)c(F)c1.O=C(Cl)/C=C/C=C/c1ccc(Cl)cc1Cl. The van der Waals surface area contributed by atoms with Crippen LogP contribution in [0.1, 0.15) is 54.2 Å². The van der Waals surface area contributed by atoms with Gasteiger partial charge in [0, 0.05) is 62.4 Å². The monoisotopic (exact) mass is 1170 g/mol. The first kappa shape index (κ1) is 64.9. The molecule has 0 heterocycles. The molecule has 0 atom stereocenters. The zero-order chi connectivity index (χ0) is 55.8. The Morgan fingerprint density at radius 3 is 1.39 bits per heavy atom. The van der Waals surface area contributed by atoms with Gasteiger partial charge < -0.3 is 15.1 Å². The normalized spacial score (nSPS) is 11.4. The number of allylic oxidation sites excluding steroid dienone is 5. The summed E-state index contributed by atoms with van der Waals surface area (Å²) in [5, 5.41) is 6.13. The average molecular weight is 1180 g/mol. The molecule has 0 bridgehead atoms. The molecule has 16 heteroatoms. The molecule has 6 rings (SSSR count). The van der Waals surface area contributed by atoms with Crippen LogP contribution in [0.4, 0.5) is 17.6 Å². The van der Waals surface area contributed by atoms with Crippen molar-refractivity contribution in [3.8, 4) is 0 Å². The maximum atomic E-state index is 13.7. The number of amides is 1. The molecule has 0 aromatic heterocycles. The summed E-state index contributed by atoms with van der Waals surface area (Å²) in [6, 6.07) is 32.6. The smallest absolute Gasteiger partial charge is 0.247 e. The molecular weight excluding hydrogens is 1120 g/mol. The zero-order valence-corrected chi connectivity index (χ0v) is 47.1. The Labute approximate surface area is 479 Å². The van der Waals surface area contributed by atoms with E-state index in [4.69, 9.17) is 81.2 Å². The minimum Gasteiger partial charge on any atom is -0.331 e. The van der Waals surface area contributed by atoms with Gasteiger partial charge in [-0.05, 0) is 143 Å². The van der Waals surface area contributed by atoms with E-state index in [1.54, 1.807) is 91.1 Å². The minimum absolute atomic E-state index is 0.109. The van der Waals surface area contributed by atoms with Crippen molar-refractivity contribution in [3.63, 3.8) is 0 Å². The summed E-state index contributed by atoms with van der Waals surface area (Å²) in [5.74, 6) is -3.83. The van der Waals surface area contributed by atoms with Crippen LogP contribution < -0.4 is 5.32 Å². The van der Waals surface area contributed by atoms with Crippen LogP contribution in [0.3, 0.4) is 0 Å². The van der Waals surface area contributed by atoms with Crippen LogP contribution in [-0.4, -0.2) is 53.7 Å². The van der Waals surface area contributed by atoms with E-state index in [0.29, 0.717) is 54.4 Å². The number of halogens is 11. The van der Waals surface area contributed by atoms with E-state index < -0.39 is 28.5 Å². The first-order valence-corrected chi connectivity index (χ1v) is 26.3. The van der Waals surface area contributed by atoms with E-state index in [2.05, 4.69) is 31.0 Å². The number of benzene rings is 6. The molecule has 0 unspecified atom stereocenters. The van der Waals surface area contributed by atoms with E-state index >= 15 is 0 Å². The second kappa shape index (κ2) is 36.6. The summed E-state index contributed by atoms with van der Waals surface area (Å²) in [4.78, 5) is 27.1. The molecule has 0 radical (unpaired) electrons. The van der Waals surface area contributed by atoms with Crippen molar-refractivity contribution in [3.05, 3.63) is 257 Å². The summed E-state index contributed by atoms with van der Waals surface area (Å²) in [6.45, 7) is 11.6. The molecule has 1 amide bonds. The van der Waals surface area contributed by atoms with Crippen LogP contribution >= 0.6 is 81.2 Å². The molecule has 0 fully saturated rings. The summed E-state index contributed by atoms with van der Waals surface area (Å²) in [6.07, 6.45) is 20.3. The van der Waals surface area contributed by atoms with Crippen molar-refractivity contribution in [1.29, 1.82) is 0 Å². The Kier molecular flexibility index (Phi) is 31.2. The molecular formula is C60H56Cl7F4N3O2. The fourth-order valence-electron chi connectivity index (χ4n) is 6.34. The van der Waals surface area contributed by atoms with Gasteiger partial charge in [0.2, 0.25) is 11.1 Å². The minimum atomic E-state index is -0.958. The highest BCUT2D eigenvalue weighted by atomic mass is 35.5. The van der Waals surface area contributed by atoms with Crippen molar-refractivity contribution in [2.24, 2.45) is 0 Å². The summed E-state index contributed by atoms with van der Waals surface area (Å²) in [7, 11) is 0. The van der Waals surface area contributed by atoms with E-state index in [-0.39, 0.29) is 19.0 Å². The first-order valence-electron chi connectivity index (χ1n) is 23.6. The molecule has 0 aliphatic heterocycles. The number of rotatable bonds is 19. The number of nitrogens with one attached hydrogen (secondary N) is 1. The van der Waals surface area contributed by atoms with Gasteiger partial charge in [-0.15, -0.1) is 0 Å². The Bertz CT molecular complexity index is 2940. The summed E-state index contributed by atoms with van der Waals surface area (Å²) >= 11 is 40.5. The molecule has 0 spiro atoms. The molecule has 76 heavy (non-hydrogen) atoms. The Balaban J connectivity index is 0.000000305. The van der Waals surface area contributed by atoms with Gasteiger partial charge in [-0.2, -0.15) is 0 Å². The highest BCUT2D eigenvalue weighted by Gasteiger charge is 2.12. The Morgan fingerprint density at radius 2 is 0.947 bits per heavy atom. The quantitative estimate of drug-likeness (QED) is 0.0289. The number of carbonyl (C=O) groups excluding carboxylic acids is 2. The summed E-state index contributed by atoms with van der Waals surface area (Å²) < 4.78 is 52.7. The molecule has 5 nitrogen and oxygen atoms in total. The van der Waals surface area contributed by atoms with Gasteiger partial charge in [0.05, 0.1) is 0 Å². The van der Waals surface area contributed by atoms with Crippen LogP contribution in [-0.2, 0) is 22.7 Å². The summed E-state index contributed by atoms with van der Waals surface area (Å²) in [5.41, 5.74) is 4.75. The zero-order valence-electron chi connectivity index (χ0n) is 41.8. The third kappa shape index (κ3) is 26.6. The maximum Gasteiger partial charge on any atom is 0.247 e. The van der Waals surface area contributed by atoms with E-state index in [9.17, 15) is 27.2 Å². The van der Waals surface area contributed by atoms with Gasteiger partial charge in [0.15, 0.2) is 23.3 Å². The highest BCUT2D eigenvalue weighted by Crippen LogP contribution is 2.23. The van der Waals surface area contributed by atoms with Gasteiger partial charge in [-0.3, -0.25) is 9.59 Å². The lowest BCUT2D eigenvalue weighted by molar-refractivity contribution is -0.126. The van der Waals surface area contributed by atoms with Gasteiger partial charge in [-0.25, -0.2) is 17.6 Å². The number of nitrogens with zero attached hydrogens (tertiary/aromatic N) is 2. The third-order valence-electron chi connectivity index (χ3n) is 10.4. The molecule has 0 aliphatic rings. The largest absolute Gasteiger partial charge is 0.331 e. The van der Waals surface area contributed by atoms with Crippen LogP contribution in [0.25, 0.3) is 24.3 Å². The molecule has 6 aromatic carbocycles.